The first kappa shape index (κ1) is 13.4. The number of carbonyl (C=O) groups excluding carboxylic acids is 1. The molecular weight excluding hydrogens is 262 g/mol. The maximum absolute atomic E-state index is 12.2. The van der Waals surface area contributed by atoms with Crippen LogP contribution >= 0.6 is 0 Å². The van der Waals surface area contributed by atoms with E-state index in [0.29, 0.717) is 0 Å². The average Bonchev–Trinajstić information content (AvgIpc) is 2.55. The summed E-state index contributed by atoms with van der Waals surface area (Å²) in [6.07, 6.45) is 4.57. The van der Waals surface area contributed by atoms with Crippen LogP contribution in [0.2, 0.25) is 0 Å². The van der Waals surface area contributed by atoms with Crippen molar-refractivity contribution in [1.82, 2.24) is 0 Å². The summed E-state index contributed by atoms with van der Waals surface area (Å²) in [5.74, 6) is 0. The molecule has 1 unspecified atom stereocenters. The molecule has 2 aromatic rings. The van der Waals surface area contributed by atoms with E-state index >= 15 is 0 Å². The molecule has 0 bridgehead atoms. The lowest BCUT2D eigenvalue weighted by Gasteiger charge is -2.32. The molecule has 1 atom stereocenters. The molecule has 1 heterocycles. The summed E-state index contributed by atoms with van der Waals surface area (Å²) in [6, 6.07) is 18.0. The van der Waals surface area contributed by atoms with Crippen LogP contribution in [0.25, 0.3) is 6.08 Å². The minimum atomic E-state index is -0.326. The van der Waals surface area contributed by atoms with Crippen molar-refractivity contribution < 1.29 is 9.53 Å². The molecule has 0 spiro atoms. The first-order valence-corrected chi connectivity index (χ1v) is 6.98. The maximum atomic E-state index is 12.2. The van der Waals surface area contributed by atoms with Gasteiger partial charge in [0.15, 0.2) is 0 Å². The lowest BCUT2D eigenvalue weighted by Crippen LogP contribution is -2.42. The van der Waals surface area contributed by atoms with Gasteiger partial charge in [0.2, 0.25) is 0 Å². The third kappa shape index (κ3) is 2.68. The van der Waals surface area contributed by atoms with Gasteiger partial charge >= 0.3 is 6.09 Å². The van der Waals surface area contributed by atoms with E-state index in [0.717, 1.165) is 17.7 Å². The van der Waals surface area contributed by atoms with Gasteiger partial charge in [-0.3, -0.25) is 4.90 Å². The molecule has 0 N–H and O–H groups in total. The van der Waals surface area contributed by atoms with Crippen LogP contribution in [-0.2, 0) is 11.2 Å². The first-order chi connectivity index (χ1) is 10.3. The van der Waals surface area contributed by atoms with Crippen LogP contribution in [-0.4, -0.2) is 19.2 Å². The van der Waals surface area contributed by atoms with Gasteiger partial charge in [0.25, 0.3) is 0 Å². The maximum Gasteiger partial charge on any atom is 0.414 e. The van der Waals surface area contributed by atoms with Gasteiger partial charge in [-0.1, -0.05) is 60.7 Å². The number of benzene rings is 2. The molecule has 1 aliphatic rings. The third-order valence-corrected chi connectivity index (χ3v) is 3.68. The predicted molar refractivity (Wildman–Crippen MR) is 84.3 cm³/mol. The Morgan fingerprint density at radius 2 is 1.81 bits per heavy atom. The van der Waals surface area contributed by atoms with Crippen LogP contribution < -0.4 is 4.90 Å². The van der Waals surface area contributed by atoms with Crippen molar-refractivity contribution in [3.63, 3.8) is 0 Å². The Bertz CT molecular complexity index is 664. The summed E-state index contributed by atoms with van der Waals surface area (Å²) in [5.41, 5.74) is 3.13. The molecule has 3 nitrogen and oxygen atoms in total. The Kier molecular flexibility index (Phi) is 3.73. The van der Waals surface area contributed by atoms with Crippen LogP contribution in [0, 0.1) is 0 Å². The van der Waals surface area contributed by atoms with E-state index in [1.54, 1.807) is 4.90 Å². The van der Waals surface area contributed by atoms with E-state index in [4.69, 9.17) is 4.74 Å². The molecule has 1 aliphatic heterocycles. The molecule has 0 saturated carbocycles. The molecule has 0 aliphatic carbocycles. The summed E-state index contributed by atoms with van der Waals surface area (Å²) in [5, 5.41) is 0. The molecule has 106 valence electrons. The van der Waals surface area contributed by atoms with Gasteiger partial charge in [-0.2, -0.15) is 0 Å². The quantitative estimate of drug-likeness (QED) is 0.834. The monoisotopic (exact) mass is 279 g/mol. The third-order valence-electron chi connectivity index (χ3n) is 3.68. The van der Waals surface area contributed by atoms with Gasteiger partial charge in [-0.15, -0.1) is 0 Å². The van der Waals surface area contributed by atoms with Crippen LogP contribution in [0.3, 0.4) is 0 Å². The van der Waals surface area contributed by atoms with E-state index in [1.807, 2.05) is 42.5 Å². The summed E-state index contributed by atoms with van der Waals surface area (Å²) >= 11 is 0. The fourth-order valence-electron chi connectivity index (χ4n) is 2.67. The van der Waals surface area contributed by atoms with E-state index in [9.17, 15) is 4.79 Å². The highest BCUT2D eigenvalue weighted by molar-refractivity contribution is 5.93. The Labute approximate surface area is 124 Å². The van der Waals surface area contributed by atoms with Gasteiger partial charge in [0.05, 0.1) is 18.8 Å². The predicted octanol–water partition coefficient (Wildman–Crippen LogP) is 3.90. The number of ether oxygens (including phenoxy) is 1. The number of hydrogen-bond acceptors (Lipinski definition) is 2. The minimum Gasteiger partial charge on any atom is -0.452 e. The number of amides is 1. The Morgan fingerprint density at radius 1 is 1.10 bits per heavy atom. The van der Waals surface area contributed by atoms with Gasteiger partial charge in [-0.05, 0) is 23.6 Å². The van der Waals surface area contributed by atoms with Crippen LogP contribution in [0.15, 0.2) is 60.7 Å². The molecule has 3 rings (SSSR count). The highest BCUT2D eigenvalue weighted by Gasteiger charge is 2.28. The zero-order valence-electron chi connectivity index (χ0n) is 11.9. The number of methoxy groups -OCH3 is 1. The molecule has 2 aromatic carbocycles. The second-order valence-electron chi connectivity index (χ2n) is 5.02. The van der Waals surface area contributed by atoms with Gasteiger partial charge < -0.3 is 4.74 Å². The van der Waals surface area contributed by atoms with Crippen molar-refractivity contribution >= 4 is 17.9 Å². The summed E-state index contributed by atoms with van der Waals surface area (Å²) in [6.45, 7) is 0. The van der Waals surface area contributed by atoms with E-state index in [2.05, 4.69) is 24.3 Å². The molecule has 0 aromatic heterocycles. The highest BCUT2D eigenvalue weighted by Crippen LogP contribution is 2.30. The molecule has 0 fully saturated rings. The standard InChI is InChI=1S/C18H17NO2/c1-21-18(20)19-16(13-14-7-3-2-4-8-14)12-11-15-9-5-6-10-17(15)19/h2-12,16H,13H2,1H3. The average molecular weight is 279 g/mol. The van der Waals surface area contributed by atoms with Crippen LogP contribution in [0.1, 0.15) is 11.1 Å². The SMILES string of the molecule is COC(=O)N1c2ccccc2C=CC1Cc1ccccc1. The second-order valence-corrected chi connectivity index (χ2v) is 5.02. The van der Waals surface area contributed by atoms with Crippen molar-refractivity contribution in [2.24, 2.45) is 0 Å². The van der Waals surface area contributed by atoms with Gasteiger partial charge in [-0.25, -0.2) is 4.79 Å². The number of para-hydroxylation sites is 1. The van der Waals surface area contributed by atoms with Gasteiger partial charge in [0.1, 0.15) is 0 Å². The largest absolute Gasteiger partial charge is 0.452 e. The summed E-state index contributed by atoms with van der Waals surface area (Å²) in [4.78, 5) is 13.9. The van der Waals surface area contributed by atoms with Crippen molar-refractivity contribution in [2.45, 2.75) is 12.5 Å². The van der Waals surface area contributed by atoms with Crippen LogP contribution in [0.4, 0.5) is 10.5 Å². The van der Waals surface area contributed by atoms with Crippen molar-refractivity contribution in [3.05, 3.63) is 71.8 Å². The van der Waals surface area contributed by atoms with E-state index in [1.165, 1.54) is 12.7 Å². The van der Waals surface area contributed by atoms with E-state index in [-0.39, 0.29) is 12.1 Å². The topological polar surface area (TPSA) is 29.5 Å². The van der Waals surface area contributed by atoms with E-state index < -0.39 is 0 Å². The Morgan fingerprint density at radius 3 is 2.57 bits per heavy atom. The summed E-state index contributed by atoms with van der Waals surface area (Å²) in [7, 11) is 1.42. The zero-order valence-corrected chi connectivity index (χ0v) is 11.9. The lowest BCUT2D eigenvalue weighted by atomic mass is 9.98. The molecule has 0 saturated heterocycles. The number of rotatable bonds is 2. The van der Waals surface area contributed by atoms with Crippen LogP contribution in [0.5, 0.6) is 0 Å². The molecule has 0 radical (unpaired) electrons. The fourth-order valence-corrected chi connectivity index (χ4v) is 2.67. The number of hydrogen-bond donors (Lipinski definition) is 0. The number of nitrogens with zero attached hydrogens (tertiary/aromatic N) is 1. The molecule has 1 amide bonds. The Hall–Kier alpha value is -2.55. The second kappa shape index (κ2) is 5.83. The van der Waals surface area contributed by atoms with Crippen molar-refractivity contribution in [1.29, 1.82) is 0 Å². The Balaban J connectivity index is 1.95. The minimum absolute atomic E-state index is 0.0326. The lowest BCUT2D eigenvalue weighted by molar-refractivity contribution is 0.177. The summed E-state index contributed by atoms with van der Waals surface area (Å²) < 4.78 is 4.97. The number of anilines is 1. The number of carbonyl (C=O) groups is 1. The number of fused-ring (bicyclic) bond motifs is 1. The fraction of sp³-hybridized carbons (Fsp3) is 0.167. The van der Waals surface area contributed by atoms with Crippen molar-refractivity contribution in [2.75, 3.05) is 12.0 Å². The molecule has 21 heavy (non-hydrogen) atoms. The molecular formula is C18H17NO2. The first-order valence-electron chi connectivity index (χ1n) is 6.98. The highest BCUT2D eigenvalue weighted by atomic mass is 16.5. The smallest absolute Gasteiger partial charge is 0.414 e. The van der Waals surface area contributed by atoms with Crippen molar-refractivity contribution in [3.8, 4) is 0 Å². The van der Waals surface area contributed by atoms with Gasteiger partial charge in [0, 0.05) is 0 Å². The molecule has 3 heteroatoms. The normalized spacial score (nSPS) is 16.4. The zero-order chi connectivity index (χ0) is 14.7.